The molecule has 1 aromatic rings. The van der Waals surface area contributed by atoms with Gasteiger partial charge in [-0.2, -0.15) is 0 Å². The SMILES string of the molecule is CC(C)(C(=O)N1CCOCC1C(N)=O)c1ccc(N)cc1. The summed E-state index contributed by atoms with van der Waals surface area (Å²) < 4.78 is 5.25. The average molecular weight is 291 g/mol. The van der Waals surface area contributed by atoms with E-state index < -0.39 is 17.4 Å². The number of carbonyl (C=O) groups excluding carboxylic acids is 2. The number of ether oxygens (including phenoxy) is 1. The van der Waals surface area contributed by atoms with Crippen LogP contribution in [0.3, 0.4) is 0 Å². The van der Waals surface area contributed by atoms with Crippen LogP contribution >= 0.6 is 0 Å². The lowest BCUT2D eigenvalue weighted by atomic mass is 9.82. The molecule has 1 saturated heterocycles. The number of amides is 2. The highest BCUT2D eigenvalue weighted by Gasteiger charge is 2.39. The summed E-state index contributed by atoms with van der Waals surface area (Å²) in [5, 5.41) is 0. The largest absolute Gasteiger partial charge is 0.399 e. The van der Waals surface area contributed by atoms with E-state index in [-0.39, 0.29) is 12.5 Å². The molecule has 4 N–H and O–H groups in total. The van der Waals surface area contributed by atoms with E-state index in [9.17, 15) is 9.59 Å². The highest BCUT2D eigenvalue weighted by atomic mass is 16.5. The van der Waals surface area contributed by atoms with Crippen LogP contribution in [0, 0.1) is 0 Å². The zero-order valence-corrected chi connectivity index (χ0v) is 12.3. The minimum Gasteiger partial charge on any atom is -0.399 e. The molecule has 0 aromatic heterocycles. The van der Waals surface area contributed by atoms with Gasteiger partial charge in [0, 0.05) is 12.2 Å². The molecule has 1 atom stereocenters. The van der Waals surface area contributed by atoms with E-state index in [4.69, 9.17) is 16.2 Å². The van der Waals surface area contributed by atoms with E-state index in [2.05, 4.69) is 0 Å². The Morgan fingerprint density at radius 2 is 1.90 bits per heavy atom. The zero-order valence-electron chi connectivity index (χ0n) is 12.3. The van der Waals surface area contributed by atoms with Gasteiger partial charge >= 0.3 is 0 Å². The number of hydrogen-bond donors (Lipinski definition) is 2. The molecule has 0 bridgehead atoms. The predicted molar refractivity (Wildman–Crippen MR) is 79.4 cm³/mol. The summed E-state index contributed by atoms with van der Waals surface area (Å²) in [6.45, 7) is 4.58. The molecule has 2 amide bonds. The molecular formula is C15H21N3O3. The molecule has 1 aliphatic heterocycles. The Kier molecular flexibility index (Phi) is 4.18. The van der Waals surface area contributed by atoms with Crippen LogP contribution in [0.15, 0.2) is 24.3 Å². The first-order valence-corrected chi connectivity index (χ1v) is 6.88. The molecule has 114 valence electrons. The molecule has 6 heteroatoms. The number of primary amides is 1. The molecular weight excluding hydrogens is 270 g/mol. The summed E-state index contributed by atoms with van der Waals surface area (Å²) in [6, 6.07) is 6.46. The van der Waals surface area contributed by atoms with Crippen LogP contribution in [-0.4, -0.2) is 42.5 Å². The van der Waals surface area contributed by atoms with Gasteiger partial charge in [0.05, 0.1) is 18.6 Å². The van der Waals surface area contributed by atoms with Gasteiger partial charge in [0.2, 0.25) is 11.8 Å². The Labute approximate surface area is 124 Å². The number of nitrogens with two attached hydrogens (primary N) is 2. The van der Waals surface area contributed by atoms with Gasteiger partial charge in [-0.15, -0.1) is 0 Å². The van der Waals surface area contributed by atoms with Crippen molar-refractivity contribution >= 4 is 17.5 Å². The van der Waals surface area contributed by atoms with E-state index in [1.165, 1.54) is 4.90 Å². The topological polar surface area (TPSA) is 98.6 Å². The molecule has 1 aliphatic rings. The van der Waals surface area contributed by atoms with Crippen LogP contribution in [-0.2, 0) is 19.7 Å². The van der Waals surface area contributed by atoms with Crippen LogP contribution in [0.2, 0.25) is 0 Å². The molecule has 6 nitrogen and oxygen atoms in total. The number of benzene rings is 1. The summed E-state index contributed by atoms with van der Waals surface area (Å²) in [7, 11) is 0. The molecule has 0 aliphatic carbocycles. The number of hydrogen-bond acceptors (Lipinski definition) is 4. The summed E-state index contributed by atoms with van der Waals surface area (Å²) in [5.74, 6) is -0.685. The van der Waals surface area contributed by atoms with Crippen molar-refractivity contribution in [2.45, 2.75) is 25.3 Å². The van der Waals surface area contributed by atoms with Crippen molar-refractivity contribution in [2.24, 2.45) is 5.73 Å². The van der Waals surface area contributed by atoms with Crippen molar-refractivity contribution in [2.75, 3.05) is 25.5 Å². The van der Waals surface area contributed by atoms with Crippen molar-refractivity contribution in [3.05, 3.63) is 29.8 Å². The summed E-state index contributed by atoms with van der Waals surface area (Å²) in [6.07, 6.45) is 0. The molecule has 1 unspecified atom stereocenters. The van der Waals surface area contributed by atoms with Crippen LogP contribution in [0.1, 0.15) is 19.4 Å². The number of nitrogen functional groups attached to an aromatic ring is 1. The minimum absolute atomic E-state index is 0.139. The van der Waals surface area contributed by atoms with Crippen LogP contribution < -0.4 is 11.5 Å². The third kappa shape index (κ3) is 3.00. The minimum atomic E-state index is -0.765. The van der Waals surface area contributed by atoms with E-state index >= 15 is 0 Å². The predicted octanol–water partition coefficient (Wildman–Crippen LogP) is 0.259. The Morgan fingerprint density at radius 3 is 2.48 bits per heavy atom. The van der Waals surface area contributed by atoms with Gasteiger partial charge in [0.15, 0.2) is 0 Å². The molecule has 0 radical (unpaired) electrons. The quantitative estimate of drug-likeness (QED) is 0.780. The average Bonchev–Trinajstić information content (AvgIpc) is 2.46. The first-order valence-electron chi connectivity index (χ1n) is 6.88. The lowest BCUT2D eigenvalue weighted by Crippen LogP contribution is -2.58. The number of morpholine rings is 1. The second kappa shape index (κ2) is 5.73. The summed E-state index contributed by atoms with van der Waals surface area (Å²) >= 11 is 0. The number of anilines is 1. The first kappa shape index (κ1) is 15.3. The van der Waals surface area contributed by atoms with Crippen molar-refractivity contribution < 1.29 is 14.3 Å². The van der Waals surface area contributed by atoms with Gasteiger partial charge in [-0.3, -0.25) is 9.59 Å². The monoisotopic (exact) mass is 291 g/mol. The molecule has 1 fully saturated rings. The second-order valence-electron chi connectivity index (χ2n) is 5.74. The highest BCUT2D eigenvalue weighted by Crippen LogP contribution is 2.28. The second-order valence-corrected chi connectivity index (χ2v) is 5.74. The van der Waals surface area contributed by atoms with Gasteiger partial charge < -0.3 is 21.1 Å². The molecule has 2 rings (SSSR count). The van der Waals surface area contributed by atoms with E-state index in [0.717, 1.165) is 5.56 Å². The van der Waals surface area contributed by atoms with E-state index in [1.807, 2.05) is 26.0 Å². The van der Waals surface area contributed by atoms with Crippen molar-refractivity contribution in [3.8, 4) is 0 Å². The van der Waals surface area contributed by atoms with Crippen molar-refractivity contribution in [1.82, 2.24) is 4.90 Å². The van der Waals surface area contributed by atoms with Crippen molar-refractivity contribution in [3.63, 3.8) is 0 Å². The van der Waals surface area contributed by atoms with Gasteiger partial charge in [-0.05, 0) is 31.5 Å². The maximum atomic E-state index is 12.9. The standard InChI is InChI=1S/C15H21N3O3/c1-15(2,10-3-5-11(16)6-4-10)14(20)18-7-8-21-9-12(18)13(17)19/h3-6,12H,7-9,16H2,1-2H3,(H2,17,19). The van der Waals surface area contributed by atoms with Crippen LogP contribution in [0.4, 0.5) is 5.69 Å². The lowest BCUT2D eigenvalue weighted by Gasteiger charge is -2.38. The Hall–Kier alpha value is -2.08. The molecule has 1 aromatic carbocycles. The van der Waals surface area contributed by atoms with Gasteiger partial charge in [-0.25, -0.2) is 0 Å². The lowest BCUT2D eigenvalue weighted by molar-refractivity contribution is -0.151. The smallest absolute Gasteiger partial charge is 0.242 e. The van der Waals surface area contributed by atoms with Gasteiger partial charge in [0.25, 0.3) is 0 Å². The van der Waals surface area contributed by atoms with E-state index in [1.54, 1.807) is 12.1 Å². The maximum absolute atomic E-state index is 12.9. The van der Waals surface area contributed by atoms with Crippen LogP contribution in [0.5, 0.6) is 0 Å². The fraction of sp³-hybridized carbons (Fsp3) is 0.467. The van der Waals surface area contributed by atoms with Crippen molar-refractivity contribution in [1.29, 1.82) is 0 Å². The summed E-state index contributed by atoms with van der Waals surface area (Å²) in [4.78, 5) is 25.9. The third-order valence-electron chi connectivity index (χ3n) is 3.88. The van der Waals surface area contributed by atoms with Crippen LogP contribution in [0.25, 0.3) is 0 Å². The van der Waals surface area contributed by atoms with E-state index in [0.29, 0.717) is 18.8 Å². The van der Waals surface area contributed by atoms with Gasteiger partial charge in [0.1, 0.15) is 6.04 Å². The Bertz CT molecular complexity index is 540. The number of nitrogens with zero attached hydrogens (tertiary/aromatic N) is 1. The fourth-order valence-electron chi connectivity index (χ4n) is 2.46. The van der Waals surface area contributed by atoms with Gasteiger partial charge in [-0.1, -0.05) is 12.1 Å². The Balaban J connectivity index is 2.27. The Morgan fingerprint density at radius 1 is 1.29 bits per heavy atom. The first-order chi connectivity index (χ1) is 9.84. The maximum Gasteiger partial charge on any atom is 0.242 e. The molecule has 0 spiro atoms. The number of rotatable bonds is 3. The number of carbonyl (C=O) groups is 2. The zero-order chi connectivity index (χ0) is 15.6. The fourth-order valence-corrected chi connectivity index (χ4v) is 2.46. The molecule has 0 saturated carbocycles. The molecule has 1 heterocycles. The normalized spacial score (nSPS) is 19.3. The third-order valence-corrected chi connectivity index (χ3v) is 3.88. The molecule has 21 heavy (non-hydrogen) atoms. The summed E-state index contributed by atoms with van der Waals surface area (Å²) in [5.41, 5.74) is 11.8. The highest BCUT2D eigenvalue weighted by molar-refractivity contribution is 5.92.